The van der Waals surface area contributed by atoms with Gasteiger partial charge in [0.15, 0.2) is 5.78 Å². The standard InChI is InChI=1S/C20H19FN2O4/c1-12(24)14-4-3-5-16(10-14)22-19(25)18-17-11-15(21)7-6-13(17)8-9-23(18)20(26)27-2/h3-7,10-11,18H,8-9H2,1-2H3,(H,22,25). The number of amides is 2. The maximum Gasteiger partial charge on any atom is 0.410 e. The predicted octanol–water partition coefficient (Wildman–Crippen LogP) is 3.33. The van der Waals surface area contributed by atoms with Crippen LogP contribution < -0.4 is 5.32 Å². The van der Waals surface area contributed by atoms with Gasteiger partial charge in [0.2, 0.25) is 0 Å². The number of hydrogen-bond acceptors (Lipinski definition) is 4. The van der Waals surface area contributed by atoms with Gasteiger partial charge in [-0.3, -0.25) is 14.5 Å². The molecule has 2 aromatic carbocycles. The number of halogens is 1. The molecule has 1 unspecified atom stereocenters. The van der Waals surface area contributed by atoms with Crippen LogP contribution in [0.2, 0.25) is 0 Å². The van der Waals surface area contributed by atoms with Gasteiger partial charge in [-0.1, -0.05) is 18.2 Å². The van der Waals surface area contributed by atoms with Crippen LogP contribution in [0.3, 0.4) is 0 Å². The smallest absolute Gasteiger partial charge is 0.410 e. The first-order valence-electron chi connectivity index (χ1n) is 8.45. The number of nitrogens with one attached hydrogen (secondary N) is 1. The third-order valence-corrected chi connectivity index (χ3v) is 4.53. The van der Waals surface area contributed by atoms with Gasteiger partial charge in [0, 0.05) is 17.8 Å². The summed E-state index contributed by atoms with van der Waals surface area (Å²) in [7, 11) is 1.23. The Bertz CT molecular complexity index is 913. The molecule has 1 aliphatic heterocycles. The molecular formula is C20H19FN2O4. The van der Waals surface area contributed by atoms with Crippen molar-refractivity contribution in [3.63, 3.8) is 0 Å². The predicted molar refractivity (Wildman–Crippen MR) is 97.0 cm³/mol. The van der Waals surface area contributed by atoms with E-state index >= 15 is 0 Å². The van der Waals surface area contributed by atoms with E-state index in [4.69, 9.17) is 4.74 Å². The number of carbonyl (C=O) groups excluding carboxylic acids is 3. The third kappa shape index (κ3) is 3.81. The summed E-state index contributed by atoms with van der Waals surface area (Å²) in [6, 6.07) is 9.68. The fourth-order valence-electron chi connectivity index (χ4n) is 3.21. The maximum atomic E-state index is 13.8. The number of methoxy groups -OCH3 is 1. The highest BCUT2D eigenvalue weighted by Crippen LogP contribution is 2.32. The zero-order chi connectivity index (χ0) is 19.6. The molecule has 1 aliphatic rings. The number of ketones is 1. The summed E-state index contributed by atoms with van der Waals surface area (Å²) in [6.45, 7) is 1.71. The molecule has 0 aromatic heterocycles. The van der Waals surface area contributed by atoms with Crippen LogP contribution in [0.25, 0.3) is 0 Å². The minimum Gasteiger partial charge on any atom is -0.453 e. The first kappa shape index (κ1) is 18.6. The number of fused-ring (bicyclic) bond motifs is 1. The number of nitrogens with zero attached hydrogens (tertiary/aromatic N) is 1. The Balaban J connectivity index is 1.96. The number of Topliss-reactive ketones (excluding diaryl/α,β-unsaturated/α-hetero) is 1. The van der Waals surface area contributed by atoms with Crippen molar-refractivity contribution < 1.29 is 23.5 Å². The van der Waals surface area contributed by atoms with Crippen LogP contribution in [0.5, 0.6) is 0 Å². The highest BCUT2D eigenvalue weighted by molar-refractivity contribution is 6.00. The van der Waals surface area contributed by atoms with E-state index in [9.17, 15) is 18.8 Å². The molecule has 6 nitrogen and oxygen atoms in total. The number of hydrogen-bond donors (Lipinski definition) is 1. The van der Waals surface area contributed by atoms with Gasteiger partial charge in [-0.05, 0) is 48.7 Å². The van der Waals surface area contributed by atoms with Crippen LogP contribution in [0.4, 0.5) is 14.9 Å². The molecule has 140 valence electrons. The molecule has 0 saturated heterocycles. The van der Waals surface area contributed by atoms with Gasteiger partial charge in [0.25, 0.3) is 5.91 Å². The molecular weight excluding hydrogens is 351 g/mol. The summed E-state index contributed by atoms with van der Waals surface area (Å²) in [5, 5.41) is 2.71. The Morgan fingerprint density at radius 1 is 1.19 bits per heavy atom. The van der Waals surface area contributed by atoms with Crippen molar-refractivity contribution in [2.75, 3.05) is 19.0 Å². The van der Waals surface area contributed by atoms with Crippen molar-refractivity contribution >= 4 is 23.5 Å². The normalized spacial score (nSPS) is 15.7. The van der Waals surface area contributed by atoms with E-state index in [-0.39, 0.29) is 12.3 Å². The molecule has 3 rings (SSSR count). The molecule has 1 N–H and O–H groups in total. The summed E-state index contributed by atoms with van der Waals surface area (Å²) in [4.78, 5) is 38.0. The lowest BCUT2D eigenvalue weighted by molar-refractivity contribution is -0.121. The van der Waals surface area contributed by atoms with Crippen LogP contribution in [0, 0.1) is 5.82 Å². The molecule has 0 saturated carbocycles. The van der Waals surface area contributed by atoms with Gasteiger partial charge >= 0.3 is 6.09 Å². The van der Waals surface area contributed by atoms with Crippen molar-refractivity contribution in [2.45, 2.75) is 19.4 Å². The summed E-state index contributed by atoms with van der Waals surface area (Å²) < 4.78 is 18.6. The zero-order valence-electron chi connectivity index (χ0n) is 15.0. The van der Waals surface area contributed by atoms with Gasteiger partial charge in [0.1, 0.15) is 11.9 Å². The van der Waals surface area contributed by atoms with Gasteiger partial charge < -0.3 is 10.1 Å². The molecule has 1 heterocycles. The largest absolute Gasteiger partial charge is 0.453 e. The van der Waals surface area contributed by atoms with E-state index in [0.29, 0.717) is 23.2 Å². The summed E-state index contributed by atoms with van der Waals surface area (Å²) >= 11 is 0. The molecule has 1 atom stereocenters. The van der Waals surface area contributed by atoms with Crippen molar-refractivity contribution in [1.82, 2.24) is 4.90 Å². The van der Waals surface area contributed by atoms with Crippen LogP contribution in [0.15, 0.2) is 42.5 Å². The second-order valence-corrected chi connectivity index (χ2v) is 6.29. The topological polar surface area (TPSA) is 75.7 Å². The molecule has 2 amide bonds. The number of anilines is 1. The van der Waals surface area contributed by atoms with Gasteiger partial charge in [0.05, 0.1) is 7.11 Å². The minimum atomic E-state index is -1.03. The van der Waals surface area contributed by atoms with E-state index in [0.717, 1.165) is 5.56 Å². The summed E-state index contributed by atoms with van der Waals surface area (Å²) in [6.07, 6.45) is -0.170. The molecule has 0 fully saturated rings. The Morgan fingerprint density at radius 3 is 2.67 bits per heavy atom. The lowest BCUT2D eigenvalue weighted by atomic mass is 9.92. The quantitative estimate of drug-likeness (QED) is 0.841. The van der Waals surface area contributed by atoms with Crippen molar-refractivity contribution in [1.29, 1.82) is 0 Å². The second-order valence-electron chi connectivity index (χ2n) is 6.29. The Kier molecular flexibility index (Phi) is 5.21. The summed E-state index contributed by atoms with van der Waals surface area (Å²) in [5.41, 5.74) is 2.09. The van der Waals surface area contributed by atoms with Crippen LogP contribution in [0.1, 0.15) is 34.5 Å². The van der Waals surface area contributed by atoms with Gasteiger partial charge in [-0.25, -0.2) is 9.18 Å². The highest BCUT2D eigenvalue weighted by atomic mass is 19.1. The lowest BCUT2D eigenvalue weighted by Crippen LogP contribution is -2.45. The van der Waals surface area contributed by atoms with E-state index in [2.05, 4.69) is 5.32 Å². The summed E-state index contributed by atoms with van der Waals surface area (Å²) in [5.74, 6) is -1.13. The molecule has 0 radical (unpaired) electrons. The van der Waals surface area contributed by atoms with E-state index in [1.807, 2.05) is 0 Å². The van der Waals surface area contributed by atoms with E-state index < -0.39 is 23.9 Å². The average molecular weight is 370 g/mol. The number of ether oxygens (including phenoxy) is 1. The fourth-order valence-corrected chi connectivity index (χ4v) is 3.21. The molecule has 0 aliphatic carbocycles. The molecule has 27 heavy (non-hydrogen) atoms. The maximum absolute atomic E-state index is 13.8. The Hall–Kier alpha value is -3.22. The third-order valence-electron chi connectivity index (χ3n) is 4.53. The molecule has 0 bridgehead atoms. The van der Waals surface area contributed by atoms with Crippen molar-refractivity contribution in [3.05, 3.63) is 65.0 Å². The van der Waals surface area contributed by atoms with Crippen LogP contribution in [-0.2, 0) is 16.0 Å². The number of carbonyl (C=O) groups is 3. The lowest BCUT2D eigenvalue weighted by Gasteiger charge is -2.35. The number of benzene rings is 2. The highest BCUT2D eigenvalue weighted by Gasteiger charge is 2.37. The second kappa shape index (κ2) is 7.57. The van der Waals surface area contributed by atoms with Crippen LogP contribution in [-0.4, -0.2) is 36.3 Å². The molecule has 2 aromatic rings. The Morgan fingerprint density at radius 2 is 1.96 bits per heavy atom. The molecule has 7 heteroatoms. The van der Waals surface area contributed by atoms with E-state index in [1.165, 1.54) is 31.1 Å². The fraction of sp³-hybridized carbons (Fsp3) is 0.250. The van der Waals surface area contributed by atoms with Gasteiger partial charge in [-0.15, -0.1) is 0 Å². The first-order chi connectivity index (χ1) is 12.9. The van der Waals surface area contributed by atoms with Crippen molar-refractivity contribution in [2.24, 2.45) is 0 Å². The average Bonchev–Trinajstić information content (AvgIpc) is 2.66. The van der Waals surface area contributed by atoms with Crippen molar-refractivity contribution in [3.8, 4) is 0 Å². The SMILES string of the molecule is COC(=O)N1CCc2ccc(F)cc2C1C(=O)Nc1cccc(C(C)=O)c1. The van der Waals surface area contributed by atoms with Crippen LogP contribution >= 0.6 is 0 Å². The first-order valence-corrected chi connectivity index (χ1v) is 8.45. The Labute approximate surface area is 155 Å². The van der Waals surface area contributed by atoms with Gasteiger partial charge in [-0.2, -0.15) is 0 Å². The molecule has 0 spiro atoms. The van der Waals surface area contributed by atoms with E-state index in [1.54, 1.807) is 30.3 Å². The zero-order valence-corrected chi connectivity index (χ0v) is 15.0. The minimum absolute atomic E-state index is 0.132. The monoisotopic (exact) mass is 370 g/mol. The number of rotatable bonds is 3.